The average Bonchev–Trinajstić information content (AvgIpc) is 2.83. The molecule has 98 valence electrons. The van der Waals surface area contributed by atoms with Crippen LogP contribution >= 0.6 is 0 Å². The summed E-state index contributed by atoms with van der Waals surface area (Å²) in [4.78, 5) is 0. The minimum Gasteiger partial charge on any atom is -0.343 e. The van der Waals surface area contributed by atoms with Crippen LogP contribution in [0.15, 0.2) is 48.7 Å². The van der Waals surface area contributed by atoms with Gasteiger partial charge in [0.05, 0.1) is 18.2 Å². The van der Waals surface area contributed by atoms with Crippen molar-refractivity contribution >= 4 is 10.9 Å². The van der Waals surface area contributed by atoms with E-state index in [-0.39, 0.29) is 5.82 Å². The van der Waals surface area contributed by atoms with Crippen molar-refractivity contribution in [1.29, 1.82) is 5.26 Å². The number of aromatic nitrogens is 1. The quantitative estimate of drug-likeness (QED) is 0.687. The minimum atomic E-state index is -0.335. The standard InChI is InChI=1S/C17H13FN2/c1-12-2-4-14-6-7-20(17(14)8-12)11-15-5-3-13(10-19)9-16(15)18/h2-9H,11H2,1H3. The molecule has 0 saturated heterocycles. The molecule has 0 spiro atoms. The molecule has 3 aromatic rings. The second-order valence-corrected chi connectivity index (χ2v) is 4.92. The van der Waals surface area contributed by atoms with Gasteiger partial charge in [-0.25, -0.2) is 4.39 Å². The SMILES string of the molecule is Cc1ccc2ccn(Cc3ccc(C#N)cc3F)c2c1. The van der Waals surface area contributed by atoms with Crippen LogP contribution in [0.5, 0.6) is 0 Å². The van der Waals surface area contributed by atoms with Gasteiger partial charge in [0, 0.05) is 17.3 Å². The highest BCUT2D eigenvalue weighted by Gasteiger charge is 2.07. The number of benzene rings is 2. The third kappa shape index (κ3) is 2.17. The summed E-state index contributed by atoms with van der Waals surface area (Å²) in [5.74, 6) is -0.335. The maximum Gasteiger partial charge on any atom is 0.129 e. The number of aryl methyl sites for hydroxylation is 1. The number of halogens is 1. The maximum absolute atomic E-state index is 13.9. The van der Waals surface area contributed by atoms with Crippen LogP contribution in [0.2, 0.25) is 0 Å². The summed E-state index contributed by atoms with van der Waals surface area (Å²) < 4.78 is 16.0. The fourth-order valence-electron chi connectivity index (χ4n) is 2.36. The largest absolute Gasteiger partial charge is 0.343 e. The van der Waals surface area contributed by atoms with Gasteiger partial charge < -0.3 is 4.57 Å². The second kappa shape index (κ2) is 4.82. The summed E-state index contributed by atoms with van der Waals surface area (Å²) in [5, 5.41) is 9.90. The van der Waals surface area contributed by atoms with E-state index in [1.54, 1.807) is 12.1 Å². The normalized spacial score (nSPS) is 10.7. The van der Waals surface area contributed by atoms with E-state index >= 15 is 0 Å². The number of nitriles is 1. The fraction of sp³-hybridized carbons (Fsp3) is 0.118. The molecular weight excluding hydrogens is 251 g/mol. The third-order valence-corrected chi connectivity index (χ3v) is 3.45. The van der Waals surface area contributed by atoms with E-state index in [0.717, 1.165) is 10.9 Å². The van der Waals surface area contributed by atoms with Gasteiger partial charge in [0.25, 0.3) is 0 Å². The Morgan fingerprint density at radius 3 is 2.75 bits per heavy atom. The molecule has 2 nitrogen and oxygen atoms in total. The Balaban J connectivity index is 2.01. The Bertz CT molecular complexity index is 825. The summed E-state index contributed by atoms with van der Waals surface area (Å²) in [6.07, 6.45) is 1.96. The lowest BCUT2D eigenvalue weighted by Crippen LogP contribution is -2.01. The average molecular weight is 264 g/mol. The molecule has 20 heavy (non-hydrogen) atoms. The molecule has 0 fully saturated rings. The van der Waals surface area contributed by atoms with Crippen molar-refractivity contribution in [2.75, 3.05) is 0 Å². The van der Waals surface area contributed by atoms with E-state index in [1.807, 2.05) is 29.8 Å². The molecule has 0 unspecified atom stereocenters. The van der Waals surface area contributed by atoms with Gasteiger partial charge in [-0.1, -0.05) is 18.2 Å². The molecule has 0 aliphatic rings. The highest BCUT2D eigenvalue weighted by molar-refractivity contribution is 5.80. The van der Waals surface area contributed by atoms with E-state index in [1.165, 1.54) is 11.6 Å². The first-order valence-corrected chi connectivity index (χ1v) is 6.41. The molecule has 1 heterocycles. The number of hydrogen-bond donors (Lipinski definition) is 0. The lowest BCUT2D eigenvalue weighted by atomic mass is 10.1. The number of fused-ring (bicyclic) bond motifs is 1. The topological polar surface area (TPSA) is 28.7 Å². The summed E-state index contributed by atoms with van der Waals surface area (Å²) in [7, 11) is 0. The molecule has 0 aliphatic heterocycles. The molecule has 3 heteroatoms. The van der Waals surface area contributed by atoms with Crippen LogP contribution in [0.4, 0.5) is 4.39 Å². The zero-order valence-electron chi connectivity index (χ0n) is 11.1. The van der Waals surface area contributed by atoms with Crippen LogP contribution in [0.1, 0.15) is 16.7 Å². The van der Waals surface area contributed by atoms with Gasteiger partial charge in [-0.15, -0.1) is 0 Å². The highest BCUT2D eigenvalue weighted by Crippen LogP contribution is 2.20. The monoisotopic (exact) mass is 264 g/mol. The van der Waals surface area contributed by atoms with Crippen LogP contribution in [-0.4, -0.2) is 4.57 Å². The summed E-state index contributed by atoms with van der Waals surface area (Å²) in [6, 6.07) is 14.8. The van der Waals surface area contributed by atoms with Crippen molar-refractivity contribution in [2.24, 2.45) is 0 Å². The molecule has 2 aromatic carbocycles. The molecule has 0 radical (unpaired) electrons. The number of rotatable bonds is 2. The van der Waals surface area contributed by atoms with Crippen LogP contribution in [-0.2, 0) is 6.54 Å². The Hall–Kier alpha value is -2.60. The maximum atomic E-state index is 13.9. The predicted octanol–water partition coefficient (Wildman–Crippen LogP) is 4.01. The first kappa shape index (κ1) is 12.4. The van der Waals surface area contributed by atoms with E-state index in [2.05, 4.69) is 18.2 Å². The van der Waals surface area contributed by atoms with Crippen LogP contribution in [0.25, 0.3) is 10.9 Å². The zero-order valence-corrected chi connectivity index (χ0v) is 11.1. The molecule has 0 saturated carbocycles. The number of hydrogen-bond acceptors (Lipinski definition) is 1. The van der Waals surface area contributed by atoms with Gasteiger partial charge in [0.1, 0.15) is 5.82 Å². The van der Waals surface area contributed by atoms with Crippen molar-refractivity contribution in [3.63, 3.8) is 0 Å². The Morgan fingerprint density at radius 2 is 2.00 bits per heavy atom. The third-order valence-electron chi connectivity index (χ3n) is 3.45. The lowest BCUT2D eigenvalue weighted by Gasteiger charge is -2.07. The van der Waals surface area contributed by atoms with Gasteiger partial charge in [-0.05, 0) is 42.1 Å². The van der Waals surface area contributed by atoms with E-state index in [4.69, 9.17) is 5.26 Å². The summed E-state index contributed by atoms with van der Waals surface area (Å²) >= 11 is 0. The molecule has 3 rings (SSSR count). The first-order chi connectivity index (χ1) is 9.67. The Kier molecular flexibility index (Phi) is 3.00. The van der Waals surface area contributed by atoms with Crippen LogP contribution < -0.4 is 0 Å². The van der Waals surface area contributed by atoms with E-state index < -0.39 is 0 Å². The molecule has 0 aliphatic carbocycles. The zero-order chi connectivity index (χ0) is 14.1. The van der Waals surface area contributed by atoms with Gasteiger partial charge in [-0.3, -0.25) is 0 Å². The van der Waals surface area contributed by atoms with Crippen molar-refractivity contribution in [1.82, 2.24) is 4.57 Å². The van der Waals surface area contributed by atoms with E-state index in [0.29, 0.717) is 17.7 Å². The highest BCUT2D eigenvalue weighted by atomic mass is 19.1. The first-order valence-electron chi connectivity index (χ1n) is 6.41. The smallest absolute Gasteiger partial charge is 0.129 e. The van der Waals surface area contributed by atoms with Crippen molar-refractivity contribution in [2.45, 2.75) is 13.5 Å². The second-order valence-electron chi connectivity index (χ2n) is 4.92. The van der Waals surface area contributed by atoms with Gasteiger partial charge in [0.2, 0.25) is 0 Å². The van der Waals surface area contributed by atoms with E-state index in [9.17, 15) is 4.39 Å². The fourth-order valence-corrected chi connectivity index (χ4v) is 2.36. The lowest BCUT2D eigenvalue weighted by molar-refractivity contribution is 0.601. The predicted molar refractivity (Wildman–Crippen MR) is 76.9 cm³/mol. The van der Waals surface area contributed by atoms with Gasteiger partial charge in [-0.2, -0.15) is 5.26 Å². The summed E-state index contributed by atoms with van der Waals surface area (Å²) in [6.45, 7) is 2.50. The molecule has 0 bridgehead atoms. The molecule has 0 N–H and O–H groups in total. The minimum absolute atomic E-state index is 0.335. The van der Waals surface area contributed by atoms with Gasteiger partial charge >= 0.3 is 0 Å². The summed E-state index contributed by atoms with van der Waals surface area (Å²) in [5.41, 5.74) is 3.20. The van der Waals surface area contributed by atoms with Crippen molar-refractivity contribution in [3.8, 4) is 6.07 Å². The molecule has 0 atom stereocenters. The Labute approximate surface area is 116 Å². The van der Waals surface area contributed by atoms with Crippen molar-refractivity contribution < 1.29 is 4.39 Å². The molecule has 1 aromatic heterocycles. The van der Waals surface area contributed by atoms with Crippen LogP contribution in [0, 0.1) is 24.1 Å². The molecule has 0 amide bonds. The Morgan fingerprint density at radius 1 is 1.15 bits per heavy atom. The molecular formula is C17H13FN2. The number of nitrogens with zero attached hydrogens (tertiary/aromatic N) is 2. The van der Waals surface area contributed by atoms with Crippen LogP contribution in [0.3, 0.4) is 0 Å². The van der Waals surface area contributed by atoms with Gasteiger partial charge in [0.15, 0.2) is 0 Å². The van der Waals surface area contributed by atoms with Crippen molar-refractivity contribution in [3.05, 3.63) is 71.2 Å².